The number of anilines is 2. The van der Waals surface area contributed by atoms with Crippen molar-refractivity contribution in [3.05, 3.63) is 59.1 Å². The molecule has 0 spiro atoms. The Bertz CT molecular complexity index is 1150. The number of aromatic nitrogens is 2. The SMILES string of the molecule is O=C(Nc1nnc(-c2ccc(Cl)cc2)s1)c1cccc(N2CCCCS2(=O)=O)c1. The zero-order valence-corrected chi connectivity index (χ0v) is 17.6. The summed E-state index contributed by atoms with van der Waals surface area (Å²) in [6, 6.07) is 13.8. The molecule has 0 unspecified atom stereocenters. The second kappa shape index (κ2) is 8.10. The molecule has 3 aromatic rings. The lowest BCUT2D eigenvalue weighted by molar-refractivity contribution is 0.102. The number of nitrogens with zero attached hydrogens (tertiary/aromatic N) is 3. The van der Waals surface area contributed by atoms with Crippen LogP contribution in [-0.2, 0) is 10.0 Å². The summed E-state index contributed by atoms with van der Waals surface area (Å²) in [7, 11) is -3.34. The van der Waals surface area contributed by atoms with Gasteiger partial charge in [-0.25, -0.2) is 8.42 Å². The molecular formula is C19H17ClN4O3S2. The Labute approximate surface area is 177 Å². The number of hydrogen-bond acceptors (Lipinski definition) is 6. The van der Waals surface area contributed by atoms with Crippen molar-refractivity contribution >= 4 is 49.7 Å². The highest BCUT2D eigenvalue weighted by atomic mass is 35.5. The maximum Gasteiger partial charge on any atom is 0.257 e. The van der Waals surface area contributed by atoms with Crippen molar-refractivity contribution in [1.29, 1.82) is 0 Å². The van der Waals surface area contributed by atoms with E-state index in [1.807, 2.05) is 12.1 Å². The van der Waals surface area contributed by atoms with Crippen LogP contribution in [0.2, 0.25) is 5.02 Å². The van der Waals surface area contributed by atoms with Crippen LogP contribution in [0.1, 0.15) is 23.2 Å². The molecule has 1 N–H and O–H groups in total. The summed E-state index contributed by atoms with van der Waals surface area (Å²) < 4.78 is 26.0. The zero-order valence-electron chi connectivity index (χ0n) is 15.2. The molecule has 1 saturated heterocycles. The van der Waals surface area contributed by atoms with Crippen LogP contribution in [0.15, 0.2) is 48.5 Å². The van der Waals surface area contributed by atoms with E-state index in [0.717, 1.165) is 12.0 Å². The standard InChI is InChI=1S/C19H17ClN4O3S2/c20-15-8-6-13(7-9-15)18-22-23-19(28-18)21-17(25)14-4-3-5-16(12-14)24-10-1-2-11-29(24,26)27/h3-9,12H,1-2,10-11H2,(H,21,23,25). The van der Waals surface area contributed by atoms with Crippen LogP contribution in [0, 0.1) is 0 Å². The number of nitrogens with one attached hydrogen (secondary N) is 1. The van der Waals surface area contributed by atoms with Gasteiger partial charge in [-0.2, -0.15) is 0 Å². The summed E-state index contributed by atoms with van der Waals surface area (Å²) in [6.45, 7) is 0.425. The molecule has 0 radical (unpaired) electrons. The number of benzene rings is 2. The van der Waals surface area contributed by atoms with Crippen LogP contribution < -0.4 is 9.62 Å². The van der Waals surface area contributed by atoms with Gasteiger partial charge in [0.05, 0.1) is 11.4 Å². The molecule has 0 saturated carbocycles. The van der Waals surface area contributed by atoms with E-state index in [0.29, 0.717) is 39.4 Å². The van der Waals surface area contributed by atoms with Crippen LogP contribution in [0.5, 0.6) is 0 Å². The second-order valence-corrected chi connectivity index (χ2v) is 9.95. The van der Waals surface area contributed by atoms with Crippen molar-refractivity contribution in [2.24, 2.45) is 0 Å². The monoisotopic (exact) mass is 448 g/mol. The van der Waals surface area contributed by atoms with Gasteiger partial charge in [0.25, 0.3) is 5.91 Å². The number of hydrogen-bond donors (Lipinski definition) is 1. The highest BCUT2D eigenvalue weighted by molar-refractivity contribution is 7.92. The molecule has 29 heavy (non-hydrogen) atoms. The van der Waals surface area contributed by atoms with E-state index in [2.05, 4.69) is 15.5 Å². The lowest BCUT2D eigenvalue weighted by Gasteiger charge is -2.28. The number of sulfonamides is 1. The first-order chi connectivity index (χ1) is 13.9. The fourth-order valence-corrected chi connectivity index (χ4v) is 5.53. The molecule has 1 fully saturated rings. The fourth-order valence-electron chi connectivity index (χ4n) is 3.03. The van der Waals surface area contributed by atoms with E-state index in [-0.39, 0.29) is 11.7 Å². The van der Waals surface area contributed by atoms with E-state index in [1.165, 1.54) is 15.6 Å². The molecule has 0 aliphatic carbocycles. The Morgan fingerprint density at radius 1 is 1.10 bits per heavy atom. The third-order valence-corrected chi connectivity index (χ3v) is 7.49. The quantitative estimate of drug-likeness (QED) is 0.650. The van der Waals surface area contributed by atoms with Crippen LogP contribution in [0.25, 0.3) is 10.6 Å². The molecule has 0 bridgehead atoms. The number of amides is 1. The summed E-state index contributed by atoms with van der Waals surface area (Å²) in [5.74, 6) is -0.248. The Morgan fingerprint density at radius 2 is 1.90 bits per heavy atom. The molecule has 7 nitrogen and oxygen atoms in total. The molecule has 2 aromatic carbocycles. The van der Waals surface area contributed by atoms with Crippen LogP contribution in [-0.4, -0.2) is 36.8 Å². The Morgan fingerprint density at radius 3 is 2.66 bits per heavy atom. The highest BCUT2D eigenvalue weighted by Gasteiger charge is 2.26. The van der Waals surface area contributed by atoms with E-state index < -0.39 is 10.0 Å². The van der Waals surface area contributed by atoms with Gasteiger partial charge in [0.2, 0.25) is 15.2 Å². The number of rotatable bonds is 4. The van der Waals surface area contributed by atoms with Crippen molar-refractivity contribution in [3.8, 4) is 10.6 Å². The van der Waals surface area contributed by atoms with Gasteiger partial charge < -0.3 is 0 Å². The molecule has 150 valence electrons. The van der Waals surface area contributed by atoms with Gasteiger partial charge in [-0.1, -0.05) is 41.1 Å². The minimum atomic E-state index is -3.34. The molecule has 10 heteroatoms. The average Bonchev–Trinajstić information content (AvgIpc) is 3.16. The molecule has 1 aliphatic rings. The first-order valence-corrected chi connectivity index (χ1v) is 11.7. The predicted molar refractivity (Wildman–Crippen MR) is 115 cm³/mol. The average molecular weight is 449 g/mol. The normalized spacial score (nSPS) is 15.8. The molecule has 1 aromatic heterocycles. The second-order valence-electron chi connectivity index (χ2n) is 6.52. The maximum atomic E-state index is 12.6. The van der Waals surface area contributed by atoms with E-state index >= 15 is 0 Å². The third kappa shape index (κ3) is 4.42. The van der Waals surface area contributed by atoms with Gasteiger partial charge in [-0.3, -0.25) is 14.4 Å². The Kier molecular flexibility index (Phi) is 5.53. The van der Waals surface area contributed by atoms with Crippen molar-refractivity contribution in [2.75, 3.05) is 21.9 Å². The minimum absolute atomic E-state index is 0.127. The molecule has 4 rings (SSSR count). The molecule has 0 atom stereocenters. The first kappa shape index (κ1) is 19.8. The number of halogens is 1. The molecule has 1 amide bonds. The van der Waals surface area contributed by atoms with Crippen LogP contribution in [0.4, 0.5) is 10.8 Å². The van der Waals surface area contributed by atoms with Gasteiger partial charge >= 0.3 is 0 Å². The van der Waals surface area contributed by atoms with Crippen molar-refractivity contribution in [3.63, 3.8) is 0 Å². The largest absolute Gasteiger partial charge is 0.296 e. The summed E-state index contributed by atoms with van der Waals surface area (Å²) in [5.41, 5.74) is 1.70. The molecule has 1 aliphatic heterocycles. The van der Waals surface area contributed by atoms with Crippen LogP contribution >= 0.6 is 22.9 Å². The van der Waals surface area contributed by atoms with Gasteiger partial charge in [-0.05, 0) is 43.2 Å². The van der Waals surface area contributed by atoms with Crippen molar-refractivity contribution in [1.82, 2.24) is 10.2 Å². The third-order valence-electron chi connectivity index (χ3n) is 4.48. The topological polar surface area (TPSA) is 92.3 Å². The lowest BCUT2D eigenvalue weighted by atomic mass is 10.2. The van der Waals surface area contributed by atoms with Crippen molar-refractivity contribution < 1.29 is 13.2 Å². The first-order valence-electron chi connectivity index (χ1n) is 8.94. The maximum absolute atomic E-state index is 12.6. The van der Waals surface area contributed by atoms with Gasteiger partial charge in [0.1, 0.15) is 5.01 Å². The number of carbonyl (C=O) groups is 1. The van der Waals surface area contributed by atoms with Gasteiger partial charge in [-0.15, -0.1) is 10.2 Å². The van der Waals surface area contributed by atoms with E-state index in [4.69, 9.17) is 11.6 Å². The Hall–Kier alpha value is -2.49. The van der Waals surface area contributed by atoms with E-state index in [9.17, 15) is 13.2 Å². The molecule has 2 heterocycles. The minimum Gasteiger partial charge on any atom is -0.296 e. The van der Waals surface area contributed by atoms with E-state index in [1.54, 1.807) is 36.4 Å². The summed E-state index contributed by atoms with van der Waals surface area (Å²) in [6.07, 6.45) is 1.46. The molecular weight excluding hydrogens is 432 g/mol. The van der Waals surface area contributed by atoms with Crippen LogP contribution in [0.3, 0.4) is 0 Å². The summed E-state index contributed by atoms with van der Waals surface area (Å²) in [5, 5.41) is 12.5. The highest BCUT2D eigenvalue weighted by Crippen LogP contribution is 2.28. The summed E-state index contributed by atoms with van der Waals surface area (Å²) >= 11 is 7.14. The Balaban J connectivity index is 1.51. The number of carbonyl (C=O) groups excluding carboxylic acids is 1. The lowest BCUT2D eigenvalue weighted by Crippen LogP contribution is -2.37. The smallest absolute Gasteiger partial charge is 0.257 e. The van der Waals surface area contributed by atoms with Crippen molar-refractivity contribution in [2.45, 2.75) is 12.8 Å². The predicted octanol–water partition coefficient (Wildman–Crippen LogP) is 4.04. The fraction of sp³-hybridized carbons (Fsp3) is 0.211. The van der Waals surface area contributed by atoms with Gasteiger partial charge in [0.15, 0.2) is 0 Å². The summed E-state index contributed by atoms with van der Waals surface area (Å²) in [4.78, 5) is 12.6. The zero-order chi connectivity index (χ0) is 20.4. The van der Waals surface area contributed by atoms with Gasteiger partial charge in [0, 0.05) is 22.7 Å².